The minimum Gasteiger partial charge on any atom is -0.483 e. The Bertz CT molecular complexity index is 672. The van der Waals surface area contributed by atoms with Gasteiger partial charge in [-0.25, -0.2) is 0 Å². The molecule has 0 bridgehead atoms. The average molecular weight is 318 g/mol. The number of benzene rings is 2. The molecule has 2 rings (SSSR count). The lowest BCUT2D eigenvalue weighted by Crippen LogP contribution is -2.31. The average Bonchev–Trinajstić information content (AvgIpc) is 2.53. The van der Waals surface area contributed by atoms with Gasteiger partial charge in [0.1, 0.15) is 5.75 Å². The maximum absolute atomic E-state index is 11.9. The third-order valence-electron chi connectivity index (χ3n) is 3.15. The number of carbonyl (C=O) groups excluding carboxylic acids is 2. The van der Waals surface area contributed by atoms with E-state index in [9.17, 15) is 9.59 Å². The third-order valence-corrected chi connectivity index (χ3v) is 3.50. The number of nitrogens with one attached hydrogen (secondary N) is 1. The van der Waals surface area contributed by atoms with Crippen molar-refractivity contribution in [2.45, 2.75) is 13.0 Å². The molecule has 5 heteroatoms. The quantitative estimate of drug-likeness (QED) is 0.831. The molecule has 0 aliphatic carbocycles. The van der Waals surface area contributed by atoms with Crippen molar-refractivity contribution in [3.05, 3.63) is 64.7 Å². The Hall–Kier alpha value is -2.33. The van der Waals surface area contributed by atoms with Crippen molar-refractivity contribution in [3.8, 4) is 5.75 Å². The lowest BCUT2D eigenvalue weighted by molar-refractivity contribution is -0.123. The highest BCUT2D eigenvalue weighted by Gasteiger charge is 2.13. The van der Waals surface area contributed by atoms with Gasteiger partial charge in [-0.05, 0) is 30.7 Å². The Morgan fingerprint density at radius 1 is 1.23 bits per heavy atom. The lowest BCUT2D eigenvalue weighted by atomic mass is 10.1. The second kappa shape index (κ2) is 7.61. The molecule has 0 radical (unpaired) electrons. The van der Waals surface area contributed by atoms with Crippen LogP contribution in [0.15, 0.2) is 48.5 Å². The van der Waals surface area contributed by atoms with Gasteiger partial charge in [-0.15, -0.1) is 0 Å². The summed E-state index contributed by atoms with van der Waals surface area (Å²) in [4.78, 5) is 22.8. The maximum Gasteiger partial charge on any atom is 0.258 e. The van der Waals surface area contributed by atoms with E-state index in [1.807, 2.05) is 25.1 Å². The molecule has 0 spiro atoms. The van der Waals surface area contributed by atoms with E-state index in [1.165, 1.54) is 0 Å². The van der Waals surface area contributed by atoms with Gasteiger partial charge in [0, 0.05) is 5.02 Å². The van der Waals surface area contributed by atoms with Gasteiger partial charge in [0.2, 0.25) is 0 Å². The number of rotatable bonds is 6. The van der Waals surface area contributed by atoms with Gasteiger partial charge in [0.15, 0.2) is 12.9 Å². The summed E-state index contributed by atoms with van der Waals surface area (Å²) < 4.78 is 5.38. The molecule has 1 atom stereocenters. The second-order valence-electron chi connectivity index (χ2n) is 4.76. The standard InChI is InChI=1S/C17H16ClNO3/c1-12(14-7-3-4-8-15(14)18)19-17(21)11-22-16-9-5-2-6-13(16)10-20/h2-10,12H,11H2,1H3,(H,19,21)/t12-/m0/s1. The van der Waals surface area contributed by atoms with Gasteiger partial charge >= 0.3 is 0 Å². The molecule has 0 unspecified atom stereocenters. The molecule has 1 amide bonds. The zero-order chi connectivity index (χ0) is 15.9. The predicted molar refractivity (Wildman–Crippen MR) is 85.3 cm³/mol. The summed E-state index contributed by atoms with van der Waals surface area (Å²) in [5.41, 5.74) is 1.25. The van der Waals surface area contributed by atoms with Crippen LogP contribution in [0.3, 0.4) is 0 Å². The molecule has 114 valence electrons. The number of halogens is 1. The van der Waals surface area contributed by atoms with E-state index >= 15 is 0 Å². The Labute approximate surface area is 134 Å². The lowest BCUT2D eigenvalue weighted by Gasteiger charge is -2.16. The van der Waals surface area contributed by atoms with Crippen LogP contribution < -0.4 is 10.1 Å². The first kappa shape index (κ1) is 16.0. The van der Waals surface area contributed by atoms with E-state index in [4.69, 9.17) is 16.3 Å². The normalized spacial score (nSPS) is 11.5. The number of para-hydroxylation sites is 1. The summed E-state index contributed by atoms with van der Waals surface area (Å²) in [7, 11) is 0. The minimum atomic E-state index is -0.284. The van der Waals surface area contributed by atoms with E-state index < -0.39 is 0 Å². The van der Waals surface area contributed by atoms with Crippen LogP contribution in [0, 0.1) is 0 Å². The van der Waals surface area contributed by atoms with Crippen LogP contribution in [0.25, 0.3) is 0 Å². The summed E-state index contributed by atoms with van der Waals surface area (Å²) in [5.74, 6) is 0.103. The molecule has 0 fully saturated rings. The minimum absolute atomic E-state index is 0.167. The van der Waals surface area contributed by atoms with E-state index in [0.29, 0.717) is 22.6 Å². The highest BCUT2D eigenvalue weighted by Crippen LogP contribution is 2.22. The second-order valence-corrected chi connectivity index (χ2v) is 5.16. The van der Waals surface area contributed by atoms with Crippen molar-refractivity contribution in [1.29, 1.82) is 0 Å². The van der Waals surface area contributed by atoms with Crippen LogP contribution in [0.5, 0.6) is 5.75 Å². The summed E-state index contributed by atoms with van der Waals surface area (Å²) in [6.07, 6.45) is 0.694. The molecule has 0 heterocycles. The van der Waals surface area contributed by atoms with Crippen molar-refractivity contribution in [2.75, 3.05) is 6.61 Å². The van der Waals surface area contributed by atoms with Crippen LogP contribution in [0.1, 0.15) is 28.9 Å². The number of amides is 1. The summed E-state index contributed by atoms with van der Waals surface area (Å²) in [6.45, 7) is 1.68. The van der Waals surface area contributed by atoms with E-state index in [2.05, 4.69) is 5.32 Å². The van der Waals surface area contributed by atoms with Gasteiger partial charge in [-0.2, -0.15) is 0 Å². The number of aldehydes is 1. The molecule has 2 aromatic rings. The molecule has 0 saturated carbocycles. The Balaban J connectivity index is 1.93. The SMILES string of the molecule is C[C@H](NC(=O)COc1ccccc1C=O)c1ccccc1Cl. The highest BCUT2D eigenvalue weighted by molar-refractivity contribution is 6.31. The fraction of sp³-hybridized carbons (Fsp3) is 0.176. The highest BCUT2D eigenvalue weighted by atomic mass is 35.5. The molecule has 0 aliphatic heterocycles. The molecule has 1 N–H and O–H groups in total. The number of hydrogen-bond acceptors (Lipinski definition) is 3. The smallest absolute Gasteiger partial charge is 0.258 e. The van der Waals surface area contributed by atoms with Gasteiger partial charge < -0.3 is 10.1 Å². The van der Waals surface area contributed by atoms with E-state index in [1.54, 1.807) is 30.3 Å². The van der Waals surface area contributed by atoms with Crippen molar-refractivity contribution >= 4 is 23.8 Å². The van der Waals surface area contributed by atoms with Crippen LogP contribution in [-0.4, -0.2) is 18.8 Å². The number of carbonyl (C=O) groups is 2. The Morgan fingerprint density at radius 2 is 1.91 bits per heavy atom. The Kier molecular flexibility index (Phi) is 5.55. The van der Waals surface area contributed by atoms with Gasteiger partial charge in [-0.1, -0.05) is 41.9 Å². The van der Waals surface area contributed by atoms with Crippen LogP contribution in [0.2, 0.25) is 5.02 Å². The summed E-state index contributed by atoms with van der Waals surface area (Å²) in [5, 5.41) is 3.41. The molecular weight excluding hydrogens is 302 g/mol. The van der Waals surface area contributed by atoms with Gasteiger partial charge in [-0.3, -0.25) is 9.59 Å². The van der Waals surface area contributed by atoms with Crippen molar-refractivity contribution in [3.63, 3.8) is 0 Å². The van der Waals surface area contributed by atoms with Crippen LogP contribution in [0.4, 0.5) is 0 Å². The van der Waals surface area contributed by atoms with E-state index in [0.717, 1.165) is 5.56 Å². The zero-order valence-corrected chi connectivity index (χ0v) is 12.8. The summed E-state index contributed by atoms with van der Waals surface area (Å²) in [6, 6.07) is 13.8. The van der Waals surface area contributed by atoms with Crippen LogP contribution in [-0.2, 0) is 4.79 Å². The Morgan fingerprint density at radius 3 is 2.64 bits per heavy atom. The van der Waals surface area contributed by atoms with Gasteiger partial charge in [0.25, 0.3) is 5.91 Å². The zero-order valence-electron chi connectivity index (χ0n) is 12.1. The predicted octanol–water partition coefficient (Wildman–Crippen LogP) is 3.41. The van der Waals surface area contributed by atoms with Crippen molar-refractivity contribution < 1.29 is 14.3 Å². The molecule has 22 heavy (non-hydrogen) atoms. The third kappa shape index (κ3) is 4.09. The van der Waals surface area contributed by atoms with Crippen LogP contribution >= 0.6 is 11.6 Å². The molecular formula is C17H16ClNO3. The molecule has 0 aromatic heterocycles. The first-order chi connectivity index (χ1) is 10.6. The first-order valence-electron chi connectivity index (χ1n) is 6.82. The van der Waals surface area contributed by atoms with E-state index in [-0.39, 0.29) is 18.6 Å². The summed E-state index contributed by atoms with van der Waals surface area (Å²) >= 11 is 6.09. The molecule has 0 aliphatic rings. The number of hydrogen-bond donors (Lipinski definition) is 1. The van der Waals surface area contributed by atoms with Crippen molar-refractivity contribution in [2.24, 2.45) is 0 Å². The molecule has 2 aromatic carbocycles. The monoisotopic (exact) mass is 317 g/mol. The fourth-order valence-electron chi connectivity index (χ4n) is 2.04. The molecule has 4 nitrogen and oxygen atoms in total. The fourth-order valence-corrected chi connectivity index (χ4v) is 2.34. The number of ether oxygens (including phenoxy) is 1. The van der Waals surface area contributed by atoms with Gasteiger partial charge in [0.05, 0.1) is 11.6 Å². The van der Waals surface area contributed by atoms with Crippen molar-refractivity contribution in [1.82, 2.24) is 5.32 Å². The molecule has 0 saturated heterocycles. The maximum atomic E-state index is 11.9. The largest absolute Gasteiger partial charge is 0.483 e. The first-order valence-corrected chi connectivity index (χ1v) is 7.20. The topological polar surface area (TPSA) is 55.4 Å².